The van der Waals surface area contributed by atoms with Crippen LogP contribution in [-0.4, -0.2) is 69.2 Å². The third-order valence-corrected chi connectivity index (χ3v) is 3.90. The maximum atomic E-state index is 11.3. The van der Waals surface area contributed by atoms with Crippen molar-refractivity contribution in [1.82, 2.24) is 15.5 Å². The highest BCUT2D eigenvalue weighted by molar-refractivity contribution is 5.79. The predicted octanol–water partition coefficient (Wildman–Crippen LogP) is 0.165. The second-order valence-corrected chi connectivity index (χ2v) is 5.78. The lowest BCUT2D eigenvalue weighted by Gasteiger charge is -2.30. The second kappa shape index (κ2) is 12.1. The first-order valence-electron chi connectivity index (χ1n) is 8.79. The van der Waals surface area contributed by atoms with Crippen LogP contribution in [0.1, 0.15) is 33.1 Å². The van der Waals surface area contributed by atoms with Crippen LogP contribution in [0, 0.1) is 5.92 Å². The van der Waals surface area contributed by atoms with Gasteiger partial charge in [0.25, 0.3) is 0 Å². The zero-order valence-electron chi connectivity index (χ0n) is 14.6. The van der Waals surface area contributed by atoms with E-state index in [1.54, 1.807) is 0 Å². The van der Waals surface area contributed by atoms with Crippen LogP contribution in [0.4, 0.5) is 0 Å². The molecule has 0 aromatic heterocycles. The van der Waals surface area contributed by atoms with Gasteiger partial charge >= 0.3 is 0 Å². The number of nitrogens with zero attached hydrogens (tertiary/aromatic N) is 2. The minimum absolute atomic E-state index is 0.0183. The first kappa shape index (κ1) is 19.7. The molecule has 0 saturated carbocycles. The number of nitrogens with one attached hydrogen (secondary N) is 2. The number of hydrogen-bond acceptors (Lipinski definition) is 4. The molecule has 1 unspecified atom stereocenters. The Morgan fingerprint density at radius 2 is 2.22 bits per heavy atom. The molecule has 1 fully saturated rings. The van der Waals surface area contributed by atoms with E-state index in [-0.39, 0.29) is 11.8 Å². The van der Waals surface area contributed by atoms with Gasteiger partial charge in [0.05, 0.1) is 12.5 Å². The molecule has 1 aliphatic rings. The number of amides is 1. The SMILES string of the molecule is CCNC(=NCCCN1CCCC(C(N)=O)C1)NCCOCC. The van der Waals surface area contributed by atoms with Crippen molar-refractivity contribution in [2.24, 2.45) is 16.6 Å². The van der Waals surface area contributed by atoms with Crippen LogP contribution in [0.25, 0.3) is 0 Å². The van der Waals surface area contributed by atoms with Crippen molar-refractivity contribution in [2.45, 2.75) is 33.1 Å². The number of carbonyl (C=O) groups excluding carboxylic acids is 1. The fourth-order valence-electron chi connectivity index (χ4n) is 2.70. The smallest absolute Gasteiger partial charge is 0.221 e. The number of likely N-dealkylation sites (tertiary alicyclic amines) is 1. The third-order valence-electron chi connectivity index (χ3n) is 3.90. The summed E-state index contributed by atoms with van der Waals surface area (Å²) in [5, 5.41) is 6.48. The number of carbonyl (C=O) groups is 1. The number of aliphatic imine (C=N–C) groups is 1. The van der Waals surface area contributed by atoms with Crippen LogP contribution in [0.3, 0.4) is 0 Å². The number of hydrogen-bond donors (Lipinski definition) is 3. The van der Waals surface area contributed by atoms with Gasteiger partial charge in [-0.3, -0.25) is 9.79 Å². The first-order valence-corrected chi connectivity index (χ1v) is 8.79. The van der Waals surface area contributed by atoms with Crippen LogP contribution in [0.2, 0.25) is 0 Å². The number of primary amides is 1. The van der Waals surface area contributed by atoms with Crippen molar-refractivity contribution in [3.8, 4) is 0 Å². The van der Waals surface area contributed by atoms with E-state index in [2.05, 4.69) is 27.4 Å². The van der Waals surface area contributed by atoms with Crippen molar-refractivity contribution >= 4 is 11.9 Å². The summed E-state index contributed by atoms with van der Waals surface area (Å²) in [6.07, 6.45) is 2.96. The third kappa shape index (κ3) is 8.76. The molecule has 0 aromatic rings. The highest BCUT2D eigenvalue weighted by Crippen LogP contribution is 2.15. The van der Waals surface area contributed by atoms with Crippen LogP contribution in [0.5, 0.6) is 0 Å². The van der Waals surface area contributed by atoms with Gasteiger partial charge in [0.1, 0.15) is 0 Å². The van der Waals surface area contributed by atoms with Crippen molar-refractivity contribution in [3.63, 3.8) is 0 Å². The maximum Gasteiger partial charge on any atom is 0.221 e. The molecule has 1 amide bonds. The summed E-state index contributed by atoms with van der Waals surface area (Å²) in [6, 6.07) is 0. The summed E-state index contributed by atoms with van der Waals surface area (Å²) in [5.74, 6) is 0.686. The second-order valence-electron chi connectivity index (χ2n) is 5.78. The Labute approximate surface area is 140 Å². The summed E-state index contributed by atoms with van der Waals surface area (Å²) < 4.78 is 5.31. The van der Waals surface area contributed by atoms with Crippen molar-refractivity contribution in [1.29, 1.82) is 0 Å². The predicted molar refractivity (Wildman–Crippen MR) is 93.4 cm³/mol. The lowest BCUT2D eigenvalue weighted by molar-refractivity contribution is -0.123. The number of guanidine groups is 1. The standard InChI is InChI=1S/C16H33N5O2/c1-3-18-16(20-9-12-23-4-2)19-8-6-11-21-10-5-7-14(13-21)15(17)22/h14H,3-13H2,1-2H3,(H2,17,22)(H2,18,19,20). The monoisotopic (exact) mass is 327 g/mol. The molecule has 1 saturated heterocycles. The van der Waals surface area contributed by atoms with Crippen LogP contribution in [0.15, 0.2) is 4.99 Å². The van der Waals surface area contributed by atoms with Gasteiger partial charge in [0, 0.05) is 32.8 Å². The van der Waals surface area contributed by atoms with E-state index in [1.807, 2.05) is 6.92 Å². The Kier molecular flexibility index (Phi) is 10.4. The van der Waals surface area contributed by atoms with Crippen molar-refractivity contribution in [3.05, 3.63) is 0 Å². The highest BCUT2D eigenvalue weighted by Gasteiger charge is 2.23. The molecule has 134 valence electrons. The Hall–Kier alpha value is -1.34. The van der Waals surface area contributed by atoms with E-state index >= 15 is 0 Å². The Morgan fingerprint density at radius 1 is 1.39 bits per heavy atom. The fourth-order valence-corrected chi connectivity index (χ4v) is 2.70. The van der Waals surface area contributed by atoms with Crippen LogP contribution in [-0.2, 0) is 9.53 Å². The average Bonchev–Trinajstić information content (AvgIpc) is 2.55. The largest absolute Gasteiger partial charge is 0.380 e. The lowest BCUT2D eigenvalue weighted by atomic mass is 9.97. The number of nitrogens with two attached hydrogens (primary N) is 1. The molecule has 1 atom stereocenters. The van der Waals surface area contributed by atoms with Gasteiger partial charge < -0.3 is 26.0 Å². The van der Waals surface area contributed by atoms with E-state index < -0.39 is 0 Å². The zero-order chi connectivity index (χ0) is 16.9. The number of ether oxygens (including phenoxy) is 1. The number of rotatable bonds is 10. The van der Waals surface area contributed by atoms with E-state index in [1.165, 1.54) is 0 Å². The molecule has 4 N–H and O–H groups in total. The van der Waals surface area contributed by atoms with Gasteiger partial charge in [-0.1, -0.05) is 0 Å². The molecule has 0 aromatic carbocycles. The van der Waals surface area contributed by atoms with E-state index in [0.717, 1.165) is 71.1 Å². The summed E-state index contributed by atoms with van der Waals surface area (Å²) in [6.45, 7) is 10.6. The van der Waals surface area contributed by atoms with Gasteiger partial charge in [0.15, 0.2) is 5.96 Å². The minimum Gasteiger partial charge on any atom is -0.380 e. The van der Waals surface area contributed by atoms with E-state index in [4.69, 9.17) is 10.5 Å². The first-order chi connectivity index (χ1) is 11.2. The summed E-state index contributed by atoms with van der Waals surface area (Å²) in [5.41, 5.74) is 5.41. The fraction of sp³-hybridized carbons (Fsp3) is 0.875. The van der Waals surface area contributed by atoms with Gasteiger partial charge in [0.2, 0.25) is 5.91 Å². The molecule has 1 rings (SSSR count). The van der Waals surface area contributed by atoms with Gasteiger partial charge in [-0.15, -0.1) is 0 Å². The molecule has 1 aliphatic heterocycles. The van der Waals surface area contributed by atoms with Crippen molar-refractivity contribution in [2.75, 3.05) is 52.5 Å². The summed E-state index contributed by atoms with van der Waals surface area (Å²) in [4.78, 5) is 18.2. The molecule has 1 heterocycles. The topological polar surface area (TPSA) is 92.0 Å². The quantitative estimate of drug-likeness (QED) is 0.302. The van der Waals surface area contributed by atoms with E-state index in [9.17, 15) is 4.79 Å². The normalized spacial score (nSPS) is 19.6. The van der Waals surface area contributed by atoms with Gasteiger partial charge in [-0.2, -0.15) is 0 Å². The van der Waals surface area contributed by atoms with E-state index in [0.29, 0.717) is 6.61 Å². The number of piperidine rings is 1. The highest BCUT2D eigenvalue weighted by atomic mass is 16.5. The maximum absolute atomic E-state index is 11.3. The average molecular weight is 327 g/mol. The van der Waals surface area contributed by atoms with Crippen molar-refractivity contribution < 1.29 is 9.53 Å². The van der Waals surface area contributed by atoms with Crippen LogP contribution < -0.4 is 16.4 Å². The van der Waals surface area contributed by atoms with Gasteiger partial charge in [-0.25, -0.2) is 0 Å². The van der Waals surface area contributed by atoms with Gasteiger partial charge in [-0.05, 0) is 46.2 Å². The molecule has 23 heavy (non-hydrogen) atoms. The Morgan fingerprint density at radius 3 is 2.91 bits per heavy atom. The molecule has 7 nitrogen and oxygen atoms in total. The lowest BCUT2D eigenvalue weighted by Crippen LogP contribution is -2.41. The minimum atomic E-state index is -0.166. The molecular weight excluding hydrogens is 294 g/mol. The van der Waals surface area contributed by atoms with Crippen LogP contribution >= 0.6 is 0 Å². The Bertz CT molecular complexity index is 362. The zero-order valence-corrected chi connectivity index (χ0v) is 14.6. The molecular formula is C16H33N5O2. The molecule has 7 heteroatoms. The molecule has 0 aliphatic carbocycles. The Balaban J connectivity index is 2.24. The summed E-state index contributed by atoms with van der Waals surface area (Å²) >= 11 is 0. The summed E-state index contributed by atoms with van der Waals surface area (Å²) in [7, 11) is 0. The molecule has 0 radical (unpaired) electrons. The molecule has 0 spiro atoms. The molecule has 0 bridgehead atoms.